The number of aromatic amines is 1. The van der Waals surface area contributed by atoms with Gasteiger partial charge in [0, 0.05) is 22.7 Å². The van der Waals surface area contributed by atoms with Gasteiger partial charge >= 0.3 is 6.18 Å². The molecule has 31 heavy (non-hydrogen) atoms. The van der Waals surface area contributed by atoms with Crippen molar-refractivity contribution in [3.63, 3.8) is 0 Å². The van der Waals surface area contributed by atoms with E-state index in [0.29, 0.717) is 6.41 Å². The lowest BCUT2D eigenvalue weighted by Gasteiger charge is -2.07. The lowest BCUT2D eigenvalue weighted by atomic mass is 10.1. The summed E-state index contributed by atoms with van der Waals surface area (Å²) >= 11 is 0. The van der Waals surface area contributed by atoms with E-state index >= 15 is 0 Å². The smallest absolute Gasteiger partial charge is 0.394 e. The Bertz CT molecular complexity index is 1150. The Morgan fingerprint density at radius 2 is 2.00 bits per heavy atom. The van der Waals surface area contributed by atoms with Gasteiger partial charge in [-0.15, -0.1) is 0 Å². The van der Waals surface area contributed by atoms with Crippen molar-refractivity contribution >= 4 is 17.3 Å². The van der Waals surface area contributed by atoms with Gasteiger partial charge in [0.15, 0.2) is 0 Å². The van der Waals surface area contributed by atoms with Gasteiger partial charge in [-0.25, -0.2) is 0 Å². The molecule has 0 aliphatic carbocycles. The van der Waals surface area contributed by atoms with E-state index in [9.17, 15) is 18.0 Å². The fraction of sp³-hybridized carbons (Fsp3) is 0.190. The maximum atomic E-state index is 12.6. The first-order valence-corrected chi connectivity index (χ1v) is 9.18. The number of benzene rings is 2. The zero-order valence-electron chi connectivity index (χ0n) is 16.3. The number of rotatable bonds is 5. The zero-order valence-corrected chi connectivity index (χ0v) is 16.3. The molecule has 0 spiro atoms. The van der Waals surface area contributed by atoms with Crippen LogP contribution in [0.25, 0.3) is 22.3 Å². The number of fused-ring (bicyclic) bond motifs is 1. The number of aliphatic hydroxyl groups excluding tert-OH is 1. The van der Waals surface area contributed by atoms with Crippen molar-refractivity contribution in [2.75, 3.05) is 6.61 Å². The summed E-state index contributed by atoms with van der Waals surface area (Å²) in [4.78, 5) is 17.4. The molecule has 0 radical (unpaired) electrons. The molecule has 0 bridgehead atoms. The number of amides is 1. The van der Waals surface area contributed by atoms with Crippen LogP contribution in [-0.4, -0.2) is 33.2 Å². The minimum absolute atomic E-state index is 0.0674. The monoisotopic (exact) mass is 432 g/mol. The number of aryl methyl sites for hydroxylation is 1. The van der Waals surface area contributed by atoms with Crippen LogP contribution in [0.3, 0.4) is 0 Å². The van der Waals surface area contributed by atoms with E-state index in [1.807, 2.05) is 12.3 Å². The lowest BCUT2D eigenvalue weighted by Crippen LogP contribution is -2.23. The van der Waals surface area contributed by atoms with Crippen LogP contribution in [-0.2, 0) is 11.0 Å². The molecule has 2 heterocycles. The number of H-pyrrole nitrogens is 1. The van der Waals surface area contributed by atoms with Gasteiger partial charge in [-0.3, -0.25) is 4.79 Å². The molecule has 0 saturated heterocycles. The predicted molar refractivity (Wildman–Crippen MR) is 107 cm³/mol. The fourth-order valence-electron chi connectivity index (χ4n) is 2.83. The largest absolute Gasteiger partial charge is 0.416 e. The number of nitrogens with one attached hydrogen (secondary N) is 2. The van der Waals surface area contributed by atoms with Gasteiger partial charge in [-0.2, -0.15) is 18.2 Å². The minimum atomic E-state index is -4.48. The van der Waals surface area contributed by atoms with Crippen LogP contribution >= 0.6 is 0 Å². The maximum Gasteiger partial charge on any atom is 0.416 e. The fourth-order valence-corrected chi connectivity index (χ4v) is 2.83. The Hall–Kier alpha value is -3.66. The second kappa shape index (κ2) is 9.43. The molecule has 1 amide bonds. The first kappa shape index (κ1) is 22.0. The molecule has 2 aromatic heterocycles. The minimum Gasteiger partial charge on any atom is -0.394 e. The van der Waals surface area contributed by atoms with Crippen LogP contribution in [0.5, 0.6) is 0 Å². The molecular formula is C21H19F3N4O3. The topological polar surface area (TPSA) is 104 Å². The molecule has 0 saturated carbocycles. The second-order valence-corrected chi connectivity index (χ2v) is 6.57. The highest BCUT2D eigenvalue weighted by atomic mass is 19.4. The number of alkyl halides is 3. The Balaban J connectivity index is 0.000000225. The van der Waals surface area contributed by atoms with Crippen molar-refractivity contribution in [3.8, 4) is 11.4 Å². The summed E-state index contributed by atoms with van der Waals surface area (Å²) in [6, 6.07) is 11.8. The van der Waals surface area contributed by atoms with E-state index in [0.717, 1.165) is 12.1 Å². The highest BCUT2D eigenvalue weighted by Gasteiger charge is 2.31. The van der Waals surface area contributed by atoms with Gasteiger partial charge < -0.3 is 19.9 Å². The van der Waals surface area contributed by atoms with Crippen molar-refractivity contribution in [2.24, 2.45) is 0 Å². The predicted octanol–water partition coefficient (Wildman–Crippen LogP) is 4.01. The molecule has 2 aromatic carbocycles. The summed E-state index contributed by atoms with van der Waals surface area (Å²) in [6.07, 6.45) is -2.10. The first-order chi connectivity index (χ1) is 14.8. The number of aliphatic hydroxyl groups is 1. The average Bonchev–Trinajstić information content (AvgIpc) is 3.40. The standard InChI is InChI=1S/C12H10F3N3O3.C9H9N/c13-12(14,15)8-3-1-2-7(4-8)10-17-11(21-18-10)9(5-19)16-6-20;1-7-6-10-9-5-3-2-4-8(7)9/h1-4,6,9,19H,5H2,(H,16,20);2-6,10H,1H3. The van der Waals surface area contributed by atoms with Crippen molar-refractivity contribution in [1.82, 2.24) is 20.4 Å². The number of carbonyl (C=O) groups is 1. The molecule has 1 atom stereocenters. The number of para-hydroxylation sites is 1. The first-order valence-electron chi connectivity index (χ1n) is 9.18. The summed E-state index contributed by atoms with van der Waals surface area (Å²) in [7, 11) is 0. The van der Waals surface area contributed by atoms with Gasteiger partial charge in [0.05, 0.1) is 12.2 Å². The van der Waals surface area contributed by atoms with E-state index in [2.05, 4.69) is 45.6 Å². The number of halogens is 3. The zero-order chi connectivity index (χ0) is 22.4. The Labute approximate surface area is 174 Å². The Morgan fingerprint density at radius 1 is 1.23 bits per heavy atom. The average molecular weight is 432 g/mol. The van der Waals surface area contributed by atoms with Crippen LogP contribution < -0.4 is 5.32 Å². The number of carbonyl (C=O) groups excluding carboxylic acids is 1. The van der Waals surface area contributed by atoms with Crippen molar-refractivity contribution in [3.05, 3.63) is 71.7 Å². The molecule has 4 aromatic rings. The van der Waals surface area contributed by atoms with Crippen LogP contribution in [0.2, 0.25) is 0 Å². The molecule has 3 N–H and O–H groups in total. The van der Waals surface area contributed by atoms with Gasteiger partial charge in [0.1, 0.15) is 6.04 Å². The molecule has 4 rings (SSSR count). The van der Waals surface area contributed by atoms with Gasteiger partial charge in [-0.1, -0.05) is 35.5 Å². The maximum absolute atomic E-state index is 12.6. The molecule has 0 aliphatic rings. The number of hydrogen-bond acceptors (Lipinski definition) is 5. The summed E-state index contributed by atoms with van der Waals surface area (Å²) in [6.45, 7) is 1.63. The van der Waals surface area contributed by atoms with Crippen molar-refractivity contribution < 1.29 is 27.6 Å². The highest BCUT2D eigenvalue weighted by Crippen LogP contribution is 2.31. The molecule has 7 nitrogen and oxygen atoms in total. The number of hydrogen-bond donors (Lipinski definition) is 3. The molecule has 10 heteroatoms. The molecule has 0 aliphatic heterocycles. The quantitative estimate of drug-likeness (QED) is 0.414. The van der Waals surface area contributed by atoms with E-state index < -0.39 is 24.4 Å². The van der Waals surface area contributed by atoms with Gasteiger partial charge in [-0.05, 0) is 30.7 Å². The van der Waals surface area contributed by atoms with Crippen molar-refractivity contribution in [1.29, 1.82) is 0 Å². The van der Waals surface area contributed by atoms with E-state index in [-0.39, 0.29) is 17.3 Å². The van der Waals surface area contributed by atoms with Crippen LogP contribution in [0.15, 0.2) is 59.3 Å². The third-order valence-corrected chi connectivity index (χ3v) is 4.44. The molecule has 162 valence electrons. The number of nitrogens with zero attached hydrogens (tertiary/aromatic N) is 2. The normalized spacial score (nSPS) is 12.2. The van der Waals surface area contributed by atoms with E-state index in [4.69, 9.17) is 9.63 Å². The Morgan fingerprint density at radius 3 is 2.68 bits per heavy atom. The third kappa shape index (κ3) is 5.28. The Kier molecular flexibility index (Phi) is 6.71. The van der Waals surface area contributed by atoms with E-state index in [1.165, 1.54) is 28.6 Å². The summed E-state index contributed by atoms with van der Waals surface area (Å²) < 4.78 is 42.7. The summed E-state index contributed by atoms with van der Waals surface area (Å²) in [5.74, 6) is -0.167. The summed E-state index contributed by atoms with van der Waals surface area (Å²) in [5.41, 5.74) is 1.81. The second-order valence-electron chi connectivity index (χ2n) is 6.57. The highest BCUT2D eigenvalue weighted by molar-refractivity contribution is 5.82. The SMILES string of the molecule is Cc1c[nH]c2ccccc12.O=CNC(CO)c1nc(-c2cccc(C(F)(F)F)c2)no1. The lowest BCUT2D eigenvalue weighted by molar-refractivity contribution is -0.137. The van der Waals surface area contributed by atoms with Crippen molar-refractivity contribution in [2.45, 2.75) is 19.1 Å². The van der Waals surface area contributed by atoms with Gasteiger partial charge in [0.2, 0.25) is 12.2 Å². The number of aromatic nitrogens is 3. The molecular weight excluding hydrogens is 413 g/mol. The van der Waals surface area contributed by atoms with Crippen LogP contribution in [0.4, 0.5) is 13.2 Å². The van der Waals surface area contributed by atoms with Crippen LogP contribution in [0.1, 0.15) is 23.1 Å². The third-order valence-electron chi connectivity index (χ3n) is 4.44. The van der Waals surface area contributed by atoms with Gasteiger partial charge in [0.25, 0.3) is 5.89 Å². The van der Waals surface area contributed by atoms with E-state index in [1.54, 1.807) is 0 Å². The molecule has 1 unspecified atom stereocenters. The molecule has 0 fully saturated rings. The summed E-state index contributed by atoms with van der Waals surface area (Å²) in [5, 5.41) is 16.1. The van der Waals surface area contributed by atoms with Crippen LogP contribution in [0, 0.1) is 6.92 Å².